The van der Waals surface area contributed by atoms with Crippen molar-refractivity contribution in [3.8, 4) is 6.07 Å². The Labute approximate surface area is 163 Å². The highest BCUT2D eigenvalue weighted by atomic mass is 16.6. The summed E-state index contributed by atoms with van der Waals surface area (Å²) in [6, 6.07) is 7.51. The first kappa shape index (κ1) is 18.3. The zero-order valence-corrected chi connectivity index (χ0v) is 16.1. The van der Waals surface area contributed by atoms with Crippen LogP contribution in [0.25, 0.3) is 0 Å². The van der Waals surface area contributed by atoms with Crippen molar-refractivity contribution in [1.82, 2.24) is 20.5 Å². The van der Waals surface area contributed by atoms with Gasteiger partial charge in [-0.2, -0.15) is 10.4 Å². The summed E-state index contributed by atoms with van der Waals surface area (Å²) in [6.07, 6.45) is 4.24. The SMILES string of the molecule is Cc1cc(C#N)cc(Nc2cc([C@H]3CC[C@@H](OC(=O)NC4(C)CC4)C3)[nH]n2)n1. The molecule has 2 heterocycles. The van der Waals surface area contributed by atoms with Crippen LogP contribution >= 0.6 is 0 Å². The number of ether oxygens (including phenoxy) is 1. The molecule has 2 aromatic heterocycles. The molecule has 2 atom stereocenters. The van der Waals surface area contributed by atoms with Crippen LogP contribution in [0.2, 0.25) is 0 Å². The quantitative estimate of drug-likeness (QED) is 0.729. The molecule has 28 heavy (non-hydrogen) atoms. The molecule has 1 amide bonds. The second-order valence-corrected chi connectivity index (χ2v) is 8.05. The van der Waals surface area contributed by atoms with Crippen molar-refractivity contribution in [3.05, 3.63) is 35.2 Å². The molecule has 2 aromatic rings. The molecule has 0 saturated heterocycles. The minimum Gasteiger partial charge on any atom is -0.446 e. The molecule has 2 aliphatic rings. The lowest BCUT2D eigenvalue weighted by atomic mass is 10.0. The second kappa shape index (κ2) is 7.15. The molecule has 2 saturated carbocycles. The van der Waals surface area contributed by atoms with E-state index >= 15 is 0 Å². The summed E-state index contributed by atoms with van der Waals surface area (Å²) in [4.78, 5) is 16.4. The summed E-state index contributed by atoms with van der Waals surface area (Å²) in [6.45, 7) is 3.88. The van der Waals surface area contributed by atoms with Crippen LogP contribution in [-0.4, -0.2) is 32.9 Å². The third-order valence-corrected chi connectivity index (χ3v) is 5.44. The zero-order valence-electron chi connectivity index (χ0n) is 16.1. The normalized spacial score (nSPS) is 22.3. The number of alkyl carbamates (subject to hydrolysis) is 1. The Balaban J connectivity index is 1.34. The number of aromatic nitrogens is 3. The largest absolute Gasteiger partial charge is 0.446 e. The molecule has 2 aliphatic carbocycles. The Morgan fingerprint density at radius 1 is 1.32 bits per heavy atom. The van der Waals surface area contributed by atoms with Crippen LogP contribution in [0, 0.1) is 18.3 Å². The van der Waals surface area contributed by atoms with Crippen molar-refractivity contribution in [2.24, 2.45) is 0 Å². The molecule has 0 unspecified atom stereocenters. The van der Waals surface area contributed by atoms with Gasteiger partial charge in [0.2, 0.25) is 0 Å². The summed E-state index contributed by atoms with van der Waals surface area (Å²) < 4.78 is 5.58. The van der Waals surface area contributed by atoms with Crippen LogP contribution in [-0.2, 0) is 4.74 Å². The number of anilines is 2. The molecular weight excluding hydrogens is 356 g/mol. The molecule has 3 N–H and O–H groups in total. The number of nitrogens with zero attached hydrogens (tertiary/aromatic N) is 3. The van der Waals surface area contributed by atoms with E-state index in [1.54, 1.807) is 12.1 Å². The van der Waals surface area contributed by atoms with Gasteiger partial charge in [0.15, 0.2) is 5.82 Å². The minimum absolute atomic E-state index is 0.0612. The van der Waals surface area contributed by atoms with Gasteiger partial charge in [0.1, 0.15) is 11.9 Å². The number of hydrogen-bond acceptors (Lipinski definition) is 6. The van der Waals surface area contributed by atoms with E-state index in [0.717, 1.165) is 43.5 Å². The third-order valence-electron chi connectivity index (χ3n) is 5.44. The monoisotopic (exact) mass is 380 g/mol. The first-order valence-corrected chi connectivity index (χ1v) is 9.62. The maximum absolute atomic E-state index is 12.0. The van der Waals surface area contributed by atoms with Gasteiger partial charge in [-0.3, -0.25) is 5.10 Å². The number of carbonyl (C=O) groups excluding carboxylic acids is 1. The maximum Gasteiger partial charge on any atom is 0.407 e. The number of aromatic amines is 1. The highest BCUT2D eigenvalue weighted by Crippen LogP contribution is 2.37. The number of nitriles is 1. The fraction of sp³-hybridized carbons (Fsp3) is 0.500. The molecule has 0 aliphatic heterocycles. The van der Waals surface area contributed by atoms with E-state index in [4.69, 9.17) is 10.00 Å². The number of pyridine rings is 1. The van der Waals surface area contributed by atoms with E-state index < -0.39 is 0 Å². The Bertz CT molecular complexity index is 927. The molecule has 0 radical (unpaired) electrons. The number of H-pyrrole nitrogens is 1. The molecule has 2 fully saturated rings. The fourth-order valence-electron chi connectivity index (χ4n) is 3.61. The van der Waals surface area contributed by atoms with Crippen LogP contribution in [0.4, 0.5) is 16.4 Å². The van der Waals surface area contributed by atoms with Gasteiger partial charge in [-0.25, -0.2) is 9.78 Å². The van der Waals surface area contributed by atoms with E-state index in [1.165, 1.54) is 0 Å². The van der Waals surface area contributed by atoms with Crippen LogP contribution in [0.15, 0.2) is 18.2 Å². The van der Waals surface area contributed by atoms with Gasteiger partial charge >= 0.3 is 6.09 Å². The van der Waals surface area contributed by atoms with E-state index in [0.29, 0.717) is 17.2 Å². The first-order valence-electron chi connectivity index (χ1n) is 9.62. The Hall–Kier alpha value is -3.08. The number of rotatable bonds is 5. The standard InChI is InChI=1S/C20H24N6O2/c1-12-7-13(11-21)8-17(22-12)23-18-10-16(25-26-18)14-3-4-15(9-14)28-19(27)24-20(2)5-6-20/h7-8,10,14-15H,3-6,9H2,1-2H3,(H,24,27)(H2,22,23,25,26)/t14-,15+/m0/s1. The van der Waals surface area contributed by atoms with Gasteiger partial charge in [-0.15, -0.1) is 0 Å². The van der Waals surface area contributed by atoms with Crippen LogP contribution in [0.1, 0.15) is 61.9 Å². The Morgan fingerprint density at radius 3 is 2.89 bits per heavy atom. The highest BCUT2D eigenvalue weighted by molar-refractivity contribution is 5.69. The second-order valence-electron chi connectivity index (χ2n) is 8.05. The van der Waals surface area contributed by atoms with Crippen LogP contribution < -0.4 is 10.6 Å². The molecular formula is C20H24N6O2. The highest BCUT2D eigenvalue weighted by Gasteiger charge is 2.40. The van der Waals surface area contributed by atoms with Crippen molar-refractivity contribution >= 4 is 17.7 Å². The smallest absolute Gasteiger partial charge is 0.407 e. The van der Waals surface area contributed by atoms with Crippen molar-refractivity contribution in [2.75, 3.05) is 5.32 Å². The average Bonchev–Trinajstić information content (AvgIpc) is 3.03. The predicted molar refractivity (Wildman–Crippen MR) is 103 cm³/mol. The number of amides is 1. The summed E-state index contributed by atoms with van der Waals surface area (Å²) in [5.74, 6) is 1.52. The van der Waals surface area contributed by atoms with Gasteiger partial charge in [0, 0.05) is 28.9 Å². The number of nitrogens with one attached hydrogen (secondary N) is 3. The van der Waals surface area contributed by atoms with Crippen LogP contribution in [0.3, 0.4) is 0 Å². The van der Waals surface area contributed by atoms with Crippen molar-refractivity contribution in [2.45, 2.75) is 63.5 Å². The number of carbonyl (C=O) groups is 1. The summed E-state index contributed by atoms with van der Waals surface area (Å²) in [5.41, 5.74) is 2.27. The van der Waals surface area contributed by atoms with E-state index in [1.807, 2.05) is 19.9 Å². The molecule has 0 spiro atoms. The Kier molecular flexibility index (Phi) is 4.67. The Morgan fingerprint density at radius 2 is 2.14 bits per heavy atom. The molecule has 146 valence electrons. The van der Waals surface area contributed by atoms with Gasteiger partial charge in [0.05, 0.1) is 11.6 Å². The molecule has 0 aromatic carbocycles. The first-order chi connectivity index (χ1) is 13.4. The lowest BCUT2D eigenvalue weighted by Gasteiger charge is -2.16. The maximum atomic E-state index is 12.0. The lowest BCUT2D eigenvalue weighted by molar-refractivity contribution is 0.0967. The average molecular weight is 380 g/mol. The van der Waals surface area contributed by atoms with E-state index in [-0.39, 0.29) is 23.7 Å². The van der Waals surface area contributed by atoms with Crippen molar-refractivity contribution < 1.29 is 9.53 Å². The molecule has 0 bridgehead atoms. The number of hydrogen-bond donors (Lipinski definition) is 3. The topological polar surface area (TPSA) is 116 Å². The summed E-state index contributed by atoms with van der Waals surface area (Å²) >= 11 is 0. The van der Waals surface area contributed by atoms with Gasteiger partial charge < -0.3 is 15.4 Å². The fourth-order valence-corrected chi connectivity index (χ4v) is 3.61. The zero-order chi connectivity index (χ0) is 19.7. The van der Waals surface area contributed by atoms with Gasteiger partial charge in [-0.05, 0) is 58.1 Å². The predicted octanol–water partition coefficient (Wildman–Crippen LogP) is 3.64. The third kappa shape index (κ3) is 4.25. The lowest BCUT2D eigenvalue weighted by Crippen LogP contribution is -2.36. The summed E-state index contributed by atoms with van der Waals surface area (Å²) in [7, 11) is 0. The molecule has 4 rings (SSSR count). The van der Waals surface area contributed by atoms with Gasteiger partial charge in [-0.1, -0.05) is 0 Å². The minimum atomic E-state index is -0.309. The van der Waals surface area contributed by atoms with Crippen LogP contribution in [0.5, 0.6) is 0 Å². The van der Waals surface area contributed by atoms with E-state index in [2.05, 4.69) is 31.9 Å². The number of aryl methyl sites for hydroxylation is 1. The molecule has 8 nitrogen and oxygen atoms in total. The van der Waals surface area contributed by atoms with Crippen molar-refractivity contribution in [3.63, 3.8) is 0 Å². The van der Waals surface area contributed by atoms with E-state index in [9.17, 15) is 4.79 Å². The molecule has 8 heteroatoms. The van der Waals surface area contributed by atoms with Crippen molar-refractivity contribution in [1.29, 1.82) is 5.26 Å². The van der Waals surface area contributed by atoms with Gasteiger partial charge in [0.25, 0.3) is 0 Å². The summed E-state index contributed by atoms with van der Waals surface area (Å²) in [5, 5.41) is 22.5.